The van der Waals surface area contributed by atoms with Gasteiger partial charge in [0.15, 0.2) is 0 Å². The first kappa shape index (κ1) is 34.3. The number of esters is 1. The highest BCUT2D eigenvalue weighted by atomic mass is 19.4. The first-order valence-electron chi connectivity index (χ1n) is 14.5. The van der Waals surface area contributed by atoms with Crippen molar-refractivity contribution in [2.75, 3.05) is 25.1 Å². The summed E-state index contributed by atoms with van der Waals surface area (Å²) in [4.78, 5) is 29.3. The van der Waals surface area contributed by atoms with E-state index < -0.39 is 41.3 Å². The number of hydrogen-bond donors (Lipinski definition) is 1. The van der Waals surface area contributed by atoms with E-state index in [2.05, 4.69) is 10.3 Å². The highest BCUT2D eigenvalue weighted by molar-refractivity contribution is 5.92. The Morgan fingerprint density at radius 3 is 2.30 bits per heavy atom. The third-order valence-corrected chi connectivity index (χ3v) is 6.76. The molecule has 1 N–H and O–H groups in total. The number of halogens is 4. The molecule has 2 aromatic carbocycles. The van der Waals surface area contributed by atoms with Crippen molar-refractivity contribution in [2.45, 2.75) is 66.5 Å². The van der Waals surface area contributed by atoms with E-state index in [1.165, 1.54) is 44.3 Å². The Morgan fingerprint density at radius 2 is 1.66 bits per heavy atom. The number of unbranched alkanes of at least 4 members (excludes halogenated alkanes) is 1. The first-order chi connectivity index (χ1) is 20.8. The SMILES string of the molecule is CCCCOc1cc(OCC)c(-c2ccc(CC(=O)Nc3ccc(CC(C)(C)C(=O)OCC)c(C(F)(F)F)c3)c(F)c2)cn1. The molecule has 0 saturated carbocycles. The number of carbonyl (C=O) groups is 2. The maximum absolute atomic E-state index is 15.1. The molecule has 3 aromatic rings. The summed E-state index contributed by atoms with van der Waals surface area (Å²) in [6, 6.07) is 9.30. The first-order valence-corrected chi connectivity index (χ1v) is 14.5. The number of pyridine rings is 1. The Balaban J connectivity index is 1.77. The summed E-state index contributed by atoms with van der Waals surface area (Å²) in [7, 11) is 0. The van der Waals surface area contributed by atoms with Gasteiger partial charge in [0.05, 0.1) is 37.2 Å². The van der Waals surface area contributed by atoms with Gasteiger partial charge >= 0.3 is 12.1 Å². The number of alkyl halides is 3. The lowest BCUT2D eigenvalue weighted by Crippen LogP contribution is -2.30. The molecule has 0 aliphatic heterocycles. The van der Waals surface area contributed by atoms with Crippen molar-refractivity contribution in [3.8, 4) is 22.8 Å². The molecule has 1 heterocycles. The van der Waals surface area contributed by atoms with Crippen LogP contribution in [0.4, 0.5) is 23.2 Å². The fourth-order valence-corrected chi connectivity index (χ4v) is 4.49. The van der Waals surface area contributed by atoms with Gasteiger partial charge in [-0.3, -0.25) is 9.59 Å². The highest BCUT2D eigenvalue weighted by Crippen LogP contribution is 2.37. The highest BCUT2D eigenvalue weighted by Gasteiger charge is 2.37. The predicted molar refractivity (Wildman–Crippen MR) is 159 cm³/mol. The van der Waals surface area contributed by atoms with Gasteiger partial charge in [-0.2, -0.15) is 13.2 Å². The van der Waals surface area contributed by atoms with Crippen LogP contribution >= 0.6 is 0 Å². The van der Waals surface area contributed by atoms with Crippen LogP contribution in [0.2, 0.25) is 0 Å². The van der Waals surface area contributed by atoms with Crippen molar-refractivity contribution in [3.05, 3.63) is 71.2 Å². The van der Waals surface area contributed by atoms with Gasteiger partial charge in [0.25, 0.3) is 0 Å². The minimum absolute atomic E-state index is 0.0561. The third-order valence-electron chi connectivity index (χ3n) is 6.76. The molecule has 0 unspecified atom stereocenters. The summed E-state index contributed by atoms with van der Waals surface area (Å²) in [6.45, 7) is 9.48. The van der Waals surface area contributed by atoms with Gasteiger partial charge in [0.2, 0.25) is 11.8 Å². The number of aromatic nitrogens is 1. The van der Waals surface area contributed by atoms with Gasteiger partial charge in [-0.25, -0.2) is 9.37 Å². The van der Waals surface area contributed by atoms with Crippen molar-refractivity contribution in [1.82, 2.24) is 4.98 Å². The molecule has 0 aliphatic rings. The van der Waals surface area contributed by atoms with Crippen LogP contribution in [0.25, 0.3) is 11.1 Å². The molecule has 1 amide bonds. The average molecular weight is 619 g/mol. The zero-order chi connectivity index (χ0) is 32.5. The van der Waals surface area contributed by atoms with Crippen LogP contribution < -0.4 is 14.8 Å². The second kappa shape index (κ2) is 15.0. The fourth-order valence-electron chi connectivity index (χ4n) is 4.49. The van der Waals surface area contributed by atoms with E-state index in [1.54, 1.807) is 19.1 Å². The van der Waals surface area contributed by atoms with E-state index in [4.69, 9.17) is 14.2 Å². The number of ether oxygens (including phenoxy) is 3. The van der Waals surface area contributed by atoms with E-state index in [9.17, 15) is 22.8 Å². The largest absolute Gasteiger partial charge is 0.493 e. The van der Waals surface area contributed by atoms with Crippen molar-refractivity contribution in [3.63, 3.8) is 0 Å². The summed E-state index contributed by atoms with van der Waals surface area (Å²) >= 11 is 0. The molecule has 0 aliphatic carbocycles. The molecule has 0 atom stereocenters. The second-order valence-electron chi connectivity index (χ2n) is 10.8. The number of rotatable bonds is 14. The predicted octanol–water partition coefficient (Wildman–Crippen LogP) is 7.80. The molecular weight excluding hydrogens is 580 g/mol. The van der Waals surface area contributed by atoms with E-state index in [1.807, 2.05) is 13.8 Å². The summed E-state index contributed by atoms with van der Waals surface area (Å²) < 4.78 is 73.3. The molecule has 7 nitrogen and oxygen atoms in total. The number of nitrogens with one attached hydrogen (secondary N) is 1. The molecule has 0 fully saturated rings. The summed E-state index contributed by atoms with van der Waals surface area (Å²) in [5.74, 6) is -1.12. The number of amides is 1. The lowest BCUT2D eigenvalue weighted by atomic mass is 9.84. The molecule has 0 spiro atoms. The Labute approximate surface area is 254 Å². The Morgan fingerprint density at radius 1 is 0.932 bits per heavy atom. The number of hydrogen-bond acceptors (Lipinski definition) is 6. The molecule has 0 bridgehead atoms. The van der Waals surface area contributed by atoms with Crippen molar-refractivity contribution < 1.29 is 41.4 Å². The zero-order valence-corrected chi connectivity index (χ0v) is 25.6. The Kier molecular flexibility index (Phi) is 11.7. The number of anilines is 1. The number of benzene rings is 2. The maximum Gasteiger partial charge on any atom is 0.416 e. The van der Waals surface area contributed by atoms with Crippen LogP contribution in [0.3, 0.4) is 0 Å². The quantitative estimate of drug-likeness (QED) is 0.113. The van der Waals surface area contributed by atoms with E-state index in [0.717, 1.165) is 18.9 Å². The molecule has 11 heteroatoms. The number of carbonyl (C=O) groups excluding carboxylic acids is 2. The van der Waals surface area contributed by atoms with Crippen LogP contribution in [-0.2, 0) is 33.3 Å². The zero-order valence-electron chi connectivity index (χ0n) is 25.6. The van der Waals surface area contributed by atoms with Crippen LogP contribution in [0, 0.1) is 11.2 Å². The topological polar surface area (TPSA) is 86.8 Å². The van der Waals surface area contributed by atoms with Crippen LogP contribution in [0.15, 0.2) is 48.7 Å². The Bertz CT molecular complexity index is 1460. The maximum atomic E-state index is 15.1. The molecule has 3 rings (SSSR count). The fraction of sp³-hybridized carbons (Fsp3) is 0.424. The molecule has 0 radical (unpaired) electrons. The summed E-state index contributed by atoms with van der Waals surface area (Å²) in [5.41, 5.74) is -1.34. The minimum Gasteiger partial charge on any atom is -0.493 e. The average Bonchev–Trinajstić information content (AvgIpc) is 2.95. The van der Waals surface area contributed by atoms with Gasteiger partial charge in [0.1, 0.15) is 11.6 Å². The van der Waals surface area contributed by atoms with Gasteiger partial charge in [-0.1, -0.05) is 31.5 Å². The van der Waals surface area contributed by atoms with Gasteiger partial charge in [-0.05, 0) is 75.4 Å². The Hall–Kier alpha value is -4.15. The lowest BCUT2D eigenvalue weighted by Gasteiger charge is -2.24. The molecule has 0 saturated heterocycles. The monoisotopic (exact) mass is 618 g/mol. The number of nitrogens with zero attached hydrogens (tertiary/aromatic N) is 1. The van der Waals surface area contributed by atoms with E-state index in [-0.39, 0.29) is 29.8 Å². The van der Waals surface area contributed by atoms with Crippen LogP contribution in [0.5, 0.6) is 11.6 Å². The summed E-state index contributed by atoms with van der Waals surface area (Å²) in [5, 5.41) is 2.42. The lowest BCUT2D eigenvalue weighted by molar-refractivity contribution is -0.154. The smallest absolute Gasteiger partial charge is 0.416 e. The van der Waals surface area contributed by atoms with Crippen molar-refractivity contribution in [2.24, 2.45) is 5.41 Å². The molecular formula is C33H38F4N2O5. The van der Waals surface area contributed by atoms with Crippen LogP contribution in [0.1, 0.15) is 64.2 Å². The third kappa shape index (κ3) is 9.17. The summed E-state index contributed by atoms with van der Waals surface area (Å²) in [6.07, 6.45) is -2.00. The van der Waals surface area contributed by atoms with Crippen molar-refractivity contribution >= 4 is 17.6 Å². The normalized spacial score (nSPS) is 11.7. The van der Waals surface area contributed by atoms with Gasteiger partial charge in [-0.15, -0.1) is 0 Å². The van der Waals surface area contributed by atoms with Crippen LogP contribution in [-0.4, -0.2) is 36.7 Å². The van der Waals surface area contributed by atoms with Gasteiger partial charge in [0, 0.05) is 23.5 Å². The standard InChI is InChI=1S/C33H38F4N2O5/c1-6-9-14-44-30-18-28(42-7-2)25(20-38-30)21-10-11-22(27(34)15-21)16-29(40)39-24-13-12-23(26(17-24)33(35,36)37)19-32(4,5)31(41)43-8-3/h10-13,15,17-18,20H,6-9,14,16,19H2,1-5H3,(H,39,40). The van der Waals surface area contributed by atoms with E-state index in [0.29, 0.717) is 36.0 Å². The van der Waals surface area contributed by atoms with Crippen molar-refractivity contribution in [1.29, 1.82) is 0 Å². The molecule has 1 aromatic heterocycles. The van der Waals surface area contributed by atoms with Gasteiger partial charge < -0.3 is 19.5 Å². The van der Waals surface area contributed by atoms with E-state index >= 15 is 4.39 Å². The second-order valence-corrected chi connectivity index (χ2v) is 10.8. The molecule has 44 heavy (non-hydrogen) atoms. The molecule has 238 valence electrons. The minimum atomic E-state index is -4.74.